The van der Waals surface area contributed by atoms with Crippen LogP contribution in [0.25, 0.3) is 0 Å². The van der Waals surface area contributed by atoms with Crippen molar-refractivity contribution in [2.45, 2.75) is 44.7 Å². The minimum Gasteiger partial charge on any atom is -0.212 e. The lowest BCUT2D eigenvalue weighted by Gasteiger charge is -2.44. The van der Waals surface area contributed by atoms with E-state index in [1.807, 2.05) is 20.8 Å². The first-order chi connectivity index (χ1) is 10.9. The summed E-state index contributed by atoms with van der Waals surface area (Å²) in [6, 6.07) is 5.96. The van der Waals surface area contributed by atoms with Gasteiger partial charge in [0, 0.05) is 25.2 Å². The van der Waals surface area contributed by atoms with E-state index in [2.05, 4.69) is 0 Å². The predicted octanol–water partition coefficient (Wildman–Crippen LogP) is 1.67. The highest BCUT2D eigenvalue weighted by atomic mass is 32.2. The third kappa shape index (κ3) is 3.82. The van der Waals surface area contributed by atoms with Crippen LogP contribution in [0, 0.1) is 12.8 Å². The highest BCUT2D eigenvalue weighted by Crippen LogP contribution is 2.28. The number of benzene rings is 1. The highest BCUT2D eigenvalue weighted by Gasteiger charge is 2.42. The molecule has 0 aromatic heterocycles. The molecule has 136 valence electrons. The second-order valence-corrected chi connectivity index (χ2v) is 10.7. The molecule has 0 spiro atoms. The van der Waals surface area contributed by atoms with E-state index in [1.165, 1.54) is 14.9 Å². The molecule has 0 N–H and O–H groups in total. The molecule has 0 aliphatic carbocycles. The van der Waals surface area contributed by atoms with Gasteiger partial charge in [-0.05, 0) is 31.9 Å². The van der Waals surface area contributed by atoms with Gasteiger partial charge in [-0.3, -0.25) is 0 Å². The molecule has 0 bridgehead atoms. The summed E-state index contributed by atoms with van der Waals surface area (Å²) >= 11 is 0. The van der Waals surface area contributed by atoms with Gasteiger partial charge in [-0.1, -0.05) is 31.5 Å². The van der Waals surface area contributed by atoms with E-state index in [1.54, 1.807) is 31.2 Å². The maximum Gasteiger partial charge on any atom is 0.243 e. The molecule has 0 saturated carbocycles. The minimum atomic E-state index is -3.65. The average Bonchev–Trinajstić information content (AvgIpc) is 2.45. The normalized spacial score (nSPS) is 24.4. The molecule has 1 heterocycles. The van der Waals surface area contributed by atoms with Crippen molar-refractivity contribution in [1.29, 1.82) is 0 Å². The van der Waals surface area contributed by atoms with Crippen LogP contribution in [0.5, 0.6) is 0 Å². The number of nitrogens with zero attached hydrogens (tertiary/aromatic N) is 2. The van der Waals surface area contributed by atoms with Gasteiger partial charge < -0.3 is 0 Å². The summed E-state index contributed by atoms with van der Waals surface area (Å²) in [7, 11) is -7.03. The van der Waals surface area contributed by atoms with Crippen LogP contribution in [0.4, 0.5) is 0 Å². The predicted molar refractivity (Wildman–Crippen MR) is 94.7 cm³/mol. The molecular weight excluding hydrogens is 348 g/mol. The Morgan fingerprint density at radius 1 is 1.00 bits per heavy atom. The molecule has 1 saturated heterocycles. The fourth-order valence-corrected chi connectivity index (χ4v) is 5.98. The Balaban J connectivity index is 2.39. The quantitative estimate of drug-likeness (QED) is 0.803. The van der Waals surface area contributed by atoms with E-state index in [9.17, 15) is 16.8 Å². The summed E-state index contributed by atoms with van der Waals surface area (Å²) in [4.78, 5) is 0.246. The van der Waals surface area contributed by atoms with Gasteiger partial charge in [0.1, 0.15) is 0 Å². The largest absolute Gasteiger partial charge is 0.243 e. The molecule has 2 rings (SSSR count). The second-order valence-electron chi connectivity index (χ2n) is 6.88. The zero-order chi connectivity index (χ0) is 18.3. The zero-order valence-corrected chi connectivity index (χ0v) is 16.4. The smallest absolute Gasteiger partial charge is 0.212 e. The summed E-state index contributed by atoms with van der Waals surface area (Å²) < 4.78 is 53.0. The summed E-state index contributed by atoms with van der Waals surface area (Å²) in [5, 5.41) is 0. The minimum absolute atomic E-state index is 0.0166. The molecule has 1 fully saturated rings. The molecule has 2 atom stereocenters. The number of piperazine rings is 1. The fourth-order valence-electron chi connectivity index (χ4n) is 3.05. The van der Waals surface area contributed by atoms with Crippen molar-refractivity contribution in [2.75, 3.05) is 19.3 Å². The van der Waals surface area contributed by atoms with Crippen molar-refractivity contribution in [3.63, 3.8) is 0 Å². The first-order valence-electron chi connectivity index (χ1n) is 8.00. The zero-order valence-electron chi connectivity index (χ0n) is 14.8. The van der Waals surface area contributed by atoms with Crippen molar-refractivity contribution >= 4 is 20.0 Å². The van der Waals surface area contributed by atoms with Gasteiger partial charge in [-0.15, -0.1) is 0 Å². The molecule has 6 nitrogen and oxygen atoms in total. The summed E-state index contributed by atoms with van der Waals surface area (Å²) in [6.07, 6.45) is 1.18. The van der Waals surface area contributed by atoms with Crippen molar-refractivity contribution in [3.05, 3.63) is 29.8 Å². The van der Waals surface area contributed by atoms with Gasteiger partial charge in [0.2, 0.25) is 20.0 Å². The Morgan fingerprint density at radius 3 is 2.00 bits per heavy atom. The van der Waals surface area contributed by atoms with Gasteiger partial charge in [0.25, 0.3) is 0 Å². The molecule has 1 aromatic rings. The Bertz CT molecular complexity index is 786. The molecule has 0 unspecified atom stereocenters. The number of hydrogen-bond donors (Lipinski definition) is 0. The van der Waals surface area contributed by atoms with Crippen LogP contribution in [0.2, 0.25) is 0 Å². The van der Waals surface area contributed by atoms with Crippen LogP contribution in [0.15, 0.2) is 29.2 Å². The van der Waals surface area contributed by atoms with Gasteiger partial charge in [-0.25, -0.2) is 16.8 Å². The summed E-state index contributed by atoms with van der Waals surface area (Å²) in [5.41, 5.74) is 0.990. The van der Waals surface area contributed by atoms with Crippen LogP contribution in [-0.4, -0.2) is 56.9 Å². The molecule has 0 radical (unpaired) electrons. The van der Waals surface area contributed by atoms with Gasteiger partial charge in [0.15, 0.2) is 0 Å². The van der Waals surface area contributed by atoms with Crippen LogP contribution >= 0.6 is 0 Å². The lowest BCUT2D eigenvalue weighted by molar-refractivity contribution is 0.125. The molecule has 0 amide bonds. The molecule has 1 aliphatic rings. The Labute approximate surface area is 145 Å². The van der Waals surface area contributed by atoms with E-state index in [0.717, 1.165) is 5.56 Å². The van der Waals surface area contributed by atoms with Gasteiger partial charge in [0.05, 0.1) is 11.2 Å². The van der Waals surface area contributed by atoms with E-state index < -0.39 is 26.1 Å². The first kappa shape index (κ1) is 19.4. The van der Waals surface area contributed by atoms with E-state index in [4.69, 9.17) is 0 Å². The second kappa shape index (κ2) is 6.74. The van der Waals surface area contributed by atoms with Crippen molar-refractivity contribution in [3.8, 4) is 0 Å². The number of hydrogen-bond acceptors (Lipinski definition) is 4. The molecule has 8 heteroatoms. The van der Waals surface area contributed by atoms with Crippen LogP contribution in [0.1, 0.15) is 26.3 Å². The molecular formula is C16H26N2O4S2. The topological polar surface area (TPSA) is 74.8 Å². The van der Waals surface area contributed by atoms with Crippen molar-refractivity contribution < 1.29 is 16.8 Å². The number of rotatable bonds is 4. The highest BCUT2D eigenvalue weighted by molar-refractivity contribution is 7.89. The summed E-state index contributed by atoms with van der Waals surface area (Å²) in [5.74, 6) is 0.0166. The van der Waals surface area contributed by atoms with Crippen molar-refractivity contribution in [2.24, 2.45) is 5.92 Å². The molecule has 1 aromatic carbocycles. The lowest BCUT2D eigenvalue weighted by Crippen LogP contribution is -2.61. The van der Waals surface area contributed by atoms with Gasteiger partial charge >= 0.3 is 0 Å². The Morgan fingerprint density at radius 2 is 1.54 bits per heavy atom. The maximum atomic E-state index is 13.0. The standard InChI is InChI=1S/C16H26N2O4S2/c1-12(2)16-11-17(14(4)10-18(16)23(5,19)20)24(21,22)15-8-6-13(3)7-9-15/h6-9,12,14,16H,10-11H2,1-5H3/t14-,16+/m0/s1. The Hall–Kier alpha value is -0.960. The third-order valence-corrected chi connectivity index (χ3v) is 7.76. The van der Waals surface area contributed by atoms with Crippen LogP contribution < -0.4 is 0 Å². The number of sulfonamides is 2. The first-order valence-corrected chi connectivity index (χ1v) is 11.3. The van der Waals surface area contributed by atoms with E-state index in [-0.39, 0.29) is 29.9 Å². The number of aryl methyl sites for hydroxylation is 1. The van der Waals surface area contributed by atoms with Crippen LogP contribution in [-0.2, 0) is 20.0 Å². The third-order valence-electron chi connectivity index (χ3n) is 4.50. The van der Waals surface area contributed by atoms with Crippen molar-refractivity contribution in [1.82, 2.24) is 8.61 Å². The SMILES string of the molecule is Cc1ccc(S(=O)(=O)N2C[C@H](C(C)C)N(S(C)(=O)=O)C[C@@H]2C)cc1. The van der Waals surface area contributed by atoms with E-state index >= 15 is 0 Å². The average molecular weight is 375 g/mol. The maximum absolute atomic E-state index is 13.0. The molecule has 24 heavy (non-hydrogen) atoms. The van der Waals surface area contributed by atoms with Gasteiger partial charge in [-0.2, -0.15) is 8.61 Å². The lowest BCUT2D eigenvalue weighted by atomic mass is 10.0. The molecule has 1 aliphatic heterocycles. The summed E-state index contributed by atoms with van der Waals surface area (Å²) in [6.45, 7) is 7.82. The van der Waals surface area contributed by atoms with Crippen LogP contribution in [0.3, 0.4) is 0 Å². The fraction of sp³-hybridized carbons (Fsp3) is 0.625. The monoisotopic (exact) mass is 374 g/mol. The Kier molecular flexibility index (Phi) is 5.44. The van der Waals surface area contributed by atoms with E-state index in [0.29, 0.717) is 0 Å².